The zero-order valence-corrected chi connectivity index (χ0v) is 17.5. The van der Waals surface area contributed by atoms with Crippen molar-refractivity contribution in [2.75, 3.05) is 38.0 Å². The molecule has 3 rings (SSSR count). The number of amides is 1. The number of aryl methyl sites for hydroxylation is 1. The number of carbonyl (C=O) groups is 1. The number of carbonyl (C=O) groups excluding carboxylic acids is 1. The number of sulfonamides is 1. The lowest BCUT2D eigenvalue weighted by Crippen LogP contribution is -2.49. The van der Waals surface area contributed by atoms with Crippen molar-refractivity contribution in [1.82, 2.24) is 9.21 Å². The lowest BCUT2D eigenvalue weighted by molar-refractivity contribution is -0.384. The molecule has 0 bridgehead atoms. The van der Waals surface area contributed by atoms with E-state index in [0.29, 0.717) is 38.4 Å². The van der Waals surface area contributed by atoms with Crippen molar-refractivity contribution < 1.29 is 18.1 Å². The maximum Gasteiger partial charge on any atom is 0.271 e. The number of nitrogens with zero attached hydrogens (tertiary/aromatic N) is 3. The number of hydrogen-bond acceptors (Lipinski definition) is 6. The van der Waals surface area contributed by atoms with Crippen LogP contribution in [0.3, 0.4) is 0 Å². The predicted molar refractivity (Wildman–Crippen MR) is 113 cm³/mol. The molecule has 2 aromatic rings. The number of nitrogens with one attached hydrogen (secondary N) is 1. The molecule has 1 amide bonds. The van der Waals surface area contributed by atoms with Crippen LogP contribution in [0.5, 0.6) is 0 Å². The fraction of sp³-hybridized carbons (Fsp3) is 0.350. The molecule has 1 aliphatic heterocycles. The Bertz CT molecular complexity index is 1020. The summed E-state index contributed by atoms with van der Waals surface area (Å²) in [5.74, 6) is -0.238. The van der Waals surface area contributed by atoms with Crippen LogP contribution in [0.4, 0.5) is 11.4 Å². The number of rotatable bonds is 7. The number of hydrogen-bond donors (Lipinski definition) is 1. The maximum atomic E-state index is 12.7. The topological polar surface area (TPSA) is 113 Å². The van der Waals surface area contributed by atoms with Crippen LogP contribution in [0.2, 0.25) is 0 Å². The Morgan fingerprint density at radius 3 is 2.40 bits per heavy atom. The van der Waals surface area contributed by atoms with Crippen LogP contribution in [-0.2, 0) is 14.8 Å². The molecule has 0 spiro atoms. The van der Waals surface area contributed by atoms with Gasteiger partial charge in [0.25, 0.3) is 5.69 Å². The van der Waals surface area contributed by atoms with E-state index in [0.717, 1.165) is 5.56 Å². The smallest absolute Gasteiger partial charge is 0.271 e. The molecule has 0 aromatic heterocycles. The Hall–Kier alpha value is -2.82. The quantitative estimate of drug-likeness (QED) is 0.530. The Morgan fingerprint density at radius 1 is 1.10 bits per heavy atom. The van der Waals surface area contributed by atoms with Crippen molar-refractivity contribution in [3.05, 3.63) is 64.2 Å². The molecule has 9 nitrogen and oxygen atoms in total. The molecule has 160 valence electrons. The molecule has 0 aliphatic carbocycles. The highest BCUT2D eigenvalue weighted by Gasteiger charge is 2.28. The molecule has 0 atom stereocenters. The van der Waals surface area contributed by atoms with Gasteiger partial charge in [-0.05, 0) is 24.6 Å². The van der Waals surface area contributed by atoms with Crippen LogP contribution in [0, 0.1) is 17.0 Å². The van der Waals surface area contributed by atoms with E-state index in [1.165, 1.54) is 16.4 Å². The molecule has 1 aliphatic rings. The Kier molecular flexibility index (Phi) is 6.80. The fourth-order valence-corrected chi connectivity index (χ4v) is 4.71. The second-order valence-corrected chi connectivity index (χ2v) is 9.05. The number of nitro groups is 1. The van der Waals surface area contributed by atoms with Crippen LogP contribution in [0.1, 0.15) is 12.0 Å². The molecule has 1 N–H and O–H groups in total. The number of nitro benzene ring substituents is 1. The van der Waals surface area contributed by atoms with Gasteiger partial charge >= 0.3 is 0 Å². The number of non-ortho nitro benzene ring substituents is 1. The summed E-state index contributed by atoms with van der Waals surface area (Å²) in [5.41, 5.74) is 1.09. The van der Waals surface area contributed by atoms with Gasteiger partial charge in [-0.1, -0.05) is 24.3 Å². The second kappa shape index (κ2) is 9.33. The standard InChI is InChI=1S/C20H24N4O5S/c1-16-7-8-17(24(26)27)15-19(16)21-20(25)9-10-22-11-13-23(14-12-22)30(28,29)18-5-3-2-4-6-18/h2-8,15H,9-14H2,1H3,(H,21,25). The average Bonchev–Trinajstić information content (AvgIpc) is 2.74. The molecule has 10 heteroatoms. The Balaban J connectivity index is 1.50. The van der Waals surface area contributed by atoms with Crippen LogP contribution in [0.25, 0.3) is 0 Å². The first kappa shape index (κ1) is 21.9. The number of benzene rings is 2. The highest BCUT2D eigenvalue weighted by Crippen LogP contribution is 2.22. The van der Waals surface area contributed by atoms with Gasteiger partial charge in [-0.25, -0.2) is 8.42 Å². The lowest BCUT2D eigenvalue weighted by Gasteiger charge is -2.33. The second-order valence-electron chi connectivity index (χ2n) is 7.11. The van der Waals surface area contributed by atoms with E-state index in [9.17, 15) is 23.3 Å². The first-order valence-corrected chi connectivity index (χ1v) is 11.0. The third-order valence-corrected chi connectivity index (χ3v) is 6.99. The first-order chi connectivity index (χ1) is 14.3. The molecular weight excluding hydrogens is 408 g/mol. The monoisotopic (exact) mass is 432 g/mol. The van der Waals surface area contributed by atoms with E-state index in [-0.39, 0.29) is 22.9 Å². The summed E-state index contributed by atoms with van der Waals surface area (Å²) in [4.78, 5) is 25.0. The Labute approximate surface area is 175 Å². The number of anilines is 1. The third kappa shape index (κ3) is 5.21. The average molecular weight is 433 g/mol. The molecule has 0 radical (unpaired) electrons. The highest BCUT2D eigenvalue weighted by atomic mass is 32.2. The van der Waals surface area contributed by atoms with E-state index in [4.69, 9.17) is 0 Å². The van der Waals surface area contributed by atoms with Gasteiger partial charge in [0.05, 0.1) is 15.5 Å². The highest BCUT2D eigenvalue weighted by molar-refractivity contribution is 7.89. The minimum Gasteiger partial charge on any atom is -0.326 e. The summed E-state index contributed by atoms with van der Waals surface area (Å²) in [6.07, 6.45) is 0.216. The van der Waals surface area contributed by atoms with Crippen molar-refractivity contribution in [3.63, 3.8) is 0 Å². The van der Waals surface area contributed by atoms with Gasteiger partial charge in [-0.2, -0.15) is 4.31 Å². The summed E-state index contributed by atoms with van der Waals surface area (Å²) in [6.45, 7) is 4.06. The van der Waals surface area contributed by atoms with Gasteiger partial charge in [-0.15, -0.1) is 0 Å². The molecule has 1 fully saturated rings. The predicted octanol–water partition coefficient (Wildman–Crippen LogP) is 2.24. The summed E-state index contributed by atoms with van der Waals surface area (Å²) in [6, 6.07) is 12.7. The Morgan fingerprint density at radius 2 is 1.77 bits per heavy atom. The normalized spacial score (nSPS) is 15.6. The van der Waals surface area contributed by atoms with Crippen LogP contribution >= 0.6 is 0 Å². The lowest BCUT2D eigenvalue weighted by atomic mass is 10.1. The largest absolute Gasteiger partial charge is 0.326 e. The van der Waals surface area contributed by atoms with Gasteiger partial charge in [0.15, 0.2) is 0 Å². The molecular formula is C20H24N4O5S. The fourth-order valence-electron chi connectivity index (χ4n) is 3.27. The third-order valence-electron chi connectivity index (χ3n) is 5.07. The minimum absolute atomic E-state index is 0.0772. The van der Waals surface area contributed by atoms with Gasteiger partial charge in [-0.3, -0.25) is 14.9 Å². The molecule has 0 unspecified atom stereocenters. The summed E-state index contributed by atoms with van der Waals surface area (Å²) in [5, 5.41) is 13.6. The SMILES string of the molecule is Cc1ccc([N+](=O)[O-])cc1NC(=O)CCN1CCN(S(=O)(=O)c2ccccc2)CC1. The molecule has 2 aromatic carbocycles. The van der Waals surface area contributed by atoms with Gasteiger partial charge < -0.3 is 10.2 Å². The van der Waals surface area contributed by atoms with E-state index in [1.807, 2.05) is 4.90 Å². The van der Waals surface area contributed by atoms with Crippen molar-refractivity contribution in [1.29, 1.82) is 0 Å². The van der Waals surface area contributed by atoms with Crippen molar-refractivity contribution in [3.8, 4) is 0 Å². The van der Waals surface area contributed by atoms with Crippen molar-refractivity contribution >= 4 is 27.3 Å². The summed E-state index contributed by atoms with van der Waals surface area (Å²) >= 11 is 0. The first-order valence-electron chi connectivity index (χ1n) is 9.60. The van der Waals surface area contributed by atoms with E-state index < -0.39 is 14.9 Å². The van der Waals surface area contributed by atoms with Gasteiger partial charge in [0.1, 0.15) is 0 Å². The van der Waals surface area contributed by atoms with Gasteiger partial charge in [0, 0.05) is 51.3 Å². The zero-order chi connectivity index (χ0) is 21.7. The minimum atomic E-state index is -3.50. The van der Waals surface area contributed by atoms with Crippen LogP contribution in [0.15, 0.2) is 53.4 Å². The van der Waals surface area contributed by atoms with Crippen LogP contribution < -0.4 is 5.32 Å². The van der Waals surface area contributed by atoms with Crippen molar-refractivity contribution in [2.45, 2.75) is 18.2 Å². The zero-order valence-electron chi connectivity index (χ0n) is 16.7. The molecule has 30 heavy (non-hydrogen) atoms. The van der Waals surface area contributed by atoms with Crippen molar-refractivity contribution in [2.24, 2.45) is 0 Å². The molecule has 1 saturated heterocycles. The van der Waals surface area contributed by atoms with E-state index in [2.05, 4.69) is 5.32 Å². The maximum absolute atomic E-state index is 12.7. The van der Waals surface area contributed by atoms with E-state index in [1.54, 1.807) is 43.3 Å². The molecule has 1 heterocycles. The molecule has 0 saturated carbocycles. The summed E-state index contributed by atoms with van der Waals surface area (Å²) in [7, 11) is -3.50. The summed E-state index contributed by atoms with van der Waals surface area (Å²) < 4.78 is 26.8. The number of piperazine rings is 1. The van der Waals surface area contributed by atoms with E-state index >= 15 is 0 Å². The van der Waals surface area contributed by atoms with Crippen LogP contribution in [-0.4, -0.2) is 61.2 Å². The van der Waals surface area contributed by atoms with Gasteiger partial charge in [0.2, 0.25) is 15.9 Å².